The average Bonchev–Trinajstić information content (AvgIpc) is 2.38. The van der Waals surface area contributed by atoms with E-state index in [1.54, 1.807) is 12.3 Å². The van der Waals surface area contributed by atoms with Crippen LogP contribution in [0.4, 0.5) is 15.8 Å². The summed E-state index contributed by atoms with van der Waals surface area (Å²) < 4.78 is 13.1. The van der Waals surface area contributed by atoms with E-state index in [0.29, 0.717) is 6.54 Å². The topological polar surface area (TPSA) is 42.2 Å². The van der Waals surface area contributed by atoms with Crippen molar-refractivity contribution < 1.29 is 4.39 Å². The predicted octanol–water partition coefficient (Wildman–Crippen LogP) is 2.45. The lowest BCUT2D eigenvalue weighted by molar-refractivity contribution is 0.628. The summed E-state index contributed by atoms with van der Waals surface area (Å²) in [5.41, 5.74) is 8.08. The van der Waals surface area contributed by atoms with Crippen LogP contribution in [-0.4, -0.2) is 12.0 Å². The summed E-state index contributed by atoms with van der Waals surface area (Å²) in [6.45, 7) is 0.394. The molecule has 17 heavy (non-hydrogen) atoms. The summed E-state index contributed by atoms with van der Waals surface area (Å²) in [6.07, 6.45) is 1.70. The van der Waals surface area contributed by atoms with Crippen LogP contribution in [0.2, 0.25) is 0 Å². The molecule has 0 spiro atoms. The normalized spacial score (nSPS) is 10.3. The van der Waals surface area contributed by atoms with E-state index in [2.05, 4.69) is 4.98 Å². The number of hydrogen-bond acceptors (Lipinski definition) is 3. The molecule has 1 aromatic heterocycles. The number of aromatic nitrogens is 1. The fourth-order valence-electron chi connectivity index (χ4n) is 1.62. The molecule has 2 N–H and O–H groups in total. The number of halogens is 1. The molecule has 0 radical (unpaired) electrons. The molecule has 0 atom stereocenters. The van der Waals surface area contributed by atoms with E-state index in [-0.39, 0.29) is 5.82 Å². The van der Waals surface area contributed by atoms with E-state index in [0.717, 1.165) is 17.1 Å². The summed E-state index contributed by atoms with van der Waals surface area (Å²) in [5.74, 6) is -0.248. The van der Waals surface area contributed by atoms with Crippen LogP contribution >= 0.6 is 0 Å². The summed E-state index contributed by atoms with van der Waals surface area (Å²) >= 11 is 0. The van der Waals surface area contributed by atoms with E-state index >= 15 is 0 Å². The zero-order valence-electron chi connectivity index (χ0n) is 9.60. The fourth-order valence-corrected chi connectivity index (χ4v) is 1.62. The number of anilines is 2. The Kier molecular flexibility index (Phi) is 3.35. The molecule has 88 valence electrons. The van der Waals surface area contributed by atoms with Crippen molar-refractivity contribution in [3.63, 3.8) is 0 Å². The van der Waals surface area contributed by atoms with Gasteiger partial charge in [-0.25, -0.2) is 4.39 Å². The van der Waals surface area contributed by atoms with Crippen molar-refractivity contribution in [1.82, 2.24) is 4.98 Å². The van der Waals surface area contributed by atoms with Crippen LogP contribution in [0.15, 0.2) is 42.6 Å². The van der Waals surface area contributed by atoms with Crippen LogP contribution in [0.25, 0.3) is 0 Å². The van der Waals surface area contributed by atoms with Crippen molar-refractivity contribution in [2.24, 2.45) is 5.73 Å². The number of nitrogens with zero attached hydrogens (tertiary/aromatic N) is 2. The molecular weight excluding hydrogens is 217 g/mol. The highest BCUT2D eigenvalue weighted by atomic mass is 19.1. The van der Waals surface area contributed by atoms with Crippen molar-refractivity contribution in [2.75, 3.05) is 11.9 Å². The minimum atomic E-state index is -0.248. The van der Waals surface area contributed by atoms with Gasteiger partial charge in [0.25, 0.3) is 0 Å². The second kappa shape index (κ2) is 4.93. The quantitative estimate of drug-likeness (QED) is 0.882. The summed E-state index contributed by atoms with van der Waals surface area (Å²) in [5, 5.41) is 0. The van der Waals surface area contributed by atoms with Crippen LogP contribution in [-0.2, 0) is 6.54 Å². The summed E-state index contributed by atoms with van der Waals surface area (Å²) in [7, 11) is 1.88. The van der Waals surface area contributed by atoms with E-state index in [4.69, 9.17) is 5.73 Å². The van der Waals surface area contributed by atoms with E-state index < -0.39 is 0 Å². The molecule has 0 aliphatic rings. The molecule has 0 unspecified atom stereocenters. The second-order valence-electron chi connectivity index (χ2n) is 3.75. The highest BCUT2D eigenvalue weighted by Crippen LogP contribution is 2.23. The Hall–Kier alpha value is -1.94. The highest BCUT2D eigenvalue weighted by molar-refractivity contribution is 5.62. The number of pyridine rings is 1. The van der Waals surface area contributed by atoms with Gasteiger partial charge in [-0.1, -0.05) is 6.07 Å². The number of benzene rings is 1. The van der Waals surface area contributed by atoms with Crippen molar-refractivity contribution in [1.29, 1.82) is 0 Å². The molecule has 2 rings (SSSR count). The van der Waals surface area contributed by atoms with Crippen molar-refractivity contribution >= 4 is 11.4 Å². The number of rotatable bonds is 3. The largest absolute Gasteiger partial charge is 0.344 e. The Morgan fingerprint density at radius 3 is 2.71 bits per heavy atom. The number of hydrogen-bond donors (Lipinski definition) is 1. The van der Waals surface area contributed by atoms with Gasteiger partial charge >= 0.3 is 0 Å². The Bertz CT molecular complexity index is 514. The molecule has 0 aliphatic carbocycles. The van der Waals surface area contributed by atoms with Gasteiger partial charge in [0, 0.05) is 31.2 Å². The van der Waals surface area contributed by atoms with Crippen molar-refractivity contribution in [3.05, 3.63) is 54.1 Å². The van der Waals surface area contributed by atoms with E-state index in [9.17, 15) is 4.39 Å². The Morgan fingerprint density at radius 1 is 1.24 bits per heavy atom. The SMILES string of the molecule is CN(c1cccc(F)c1)c1ccnc(CN)c1. The standard InChI is InChI=1S/C13H14FN3/c1-17(12-4-2-3-10(14)7-12)13-5-6-16-11(8-13)9-15/h2-8H,9,15H2,1H3. The molecule has 2 aromatic rings. The first-order valence-electron chi connectivity index (χ1n) is 5.35. The van der Waals surface area contributed by atoms with Crippen LogP contribution in [0, 0.1) is 5.82 Å². The van der Waals surface area contributed by atoms with Gasteiger partial charge in [0.2, 0.25) is 0 Å². The van der Waals surface area contributed by atoms with Crippen LogP contribution in [0.3, 0.4) is 0 Å². The second-order valence-corrected chi connectivity index (χ2v) is 3.75. The lowest BCUT2D eigenvalue weighted by Gasteiger charge is -2.19. The van der Waals surface area contributed by atoms with Gasteiger partial charge in [-0.15, -0.1) is 0 Å². The Morgan fingerprint density at radius 2 is 2.00 bits per heavy atom. The number of nitrogens with two attached hydrogens (primary N) is 1. The Labute approximate surface area is 99.7 Å². The van der Waals surface area contributed by atoms with Crippen molar-refractivity contribution in [2.45, 2.75) is 6.54 Å². The maximum Gasteiger partial charge on any atom is 0.125 e. The molecule has 3 nitrogen and oxygen atoms in total. The lowest BCUT2D eigenvalue weighted by Crippen LogP contribution is -2.11. The minimum absolute atomic E-state index is 0.248. The third-order valence-electron chi connectivity index (χ3n) is 2.59. The smallest absolute Gasteiger partial charge is 0.125 e. The maximum atomic E-state index is 13.1. The van der Waals surface area contributed by atoms with Gasteiger partial charge in [-0.05, 0) is 30.3 Å². The van der Waals surface area contributed by atoms with Gasteiger partial charge in [-0.2, -0.15) is 0 Å². The zero-order chi connectivity index (χ0) is 12.3. The van der Waals surface area contributed by atoms with Gasteiger partial charge < -0.3 is 10.6 Å². The summed E-state index contributed by atoms with van der Waals surface area (Å²) in [6, 6.07) is 10.2. The molecule has 0 fully saturated rings. The molecule has 0 saturated heterocycles. The summed E-state index contributed by atoms with van der Waals surface area (Å²) in [4.78, 5) is 6.02. The van der Waals surface area contributed by atoms with E-state index in [1.807, 2.05) is 30.1 Å². The molecule has 0 bridgehead atoms. The van der Waals surface area contributed by atoms with Gasteiger partial charge in [0.1, 0.15) is 5.82 Å². The van der Waals surface area contributed by atoms with Crippen molar-refractivity contribution in [3.8, 4) is 0 Å². The minimum Gasteiger partial charge on any atom is -0.344 e. The molecule has 0 saturated carbocycles. The van der Waals surface area contributed by atoms with Crippen LogP contribution in [0.5, 0.6) is 0 Å². The first-order valence-corrected chi connectivity index (χ1v) is 5.35. The Balaban J connectivity index is 2.33. The monoisotopic (exact) mass is 231 g/mol. The molecular formula is C13H14FN3. The zero-order valence-corrected chi connectivity index (χ0v) is 9.60. The predicted molar refractivity (Wildman–Crippen MR) is 66.6 cm³/mol. The highest BCUT2D eigenvalue weighted by Gasteiger charge is 2.05. The van der Waals surface area contributed by atoms with Gasteiger partial charge in [0.15, 0.2) is 0 Å². The maximum absolute atomic E-state index is 13.1. The molecule has 1 aromatic carbocycles. The molecule has 0 amide bonds. The van der Waals surface area contributed by atoms with Gasteiger partial charge in [0.05, 0.1) is 5.69 Å². The van der Waals surface area contributed by atoms with Gasteiger partial charge in [-0.3, -0.25) is 4.98 Å². The third kappa shape index (κ3) is 2.60. The molecule has 0 aliphatic heterocycles. The van der Waals surface area contributed by atoms with Crippen LogP contribution < -0.4 is 10.6 Å². The first kappa shape index (κ1) is 11.5. The lowest BCUT2D eigenvalue weighted by atomic mass is 10.2. The molecule has 1 heterocycles. The van der Waals surface area contributed by atoms with Crippen LogP contribution in [0.1, 0.15) is 5.69 Å². The average molecular weight is 231 g/mol. The first-order chi connectivity index (χ1) is 8.20. The van der Waals surface area contributed by atoms with E-state index in [1.165, 1.54) is 12.1 Å². The third-order valence-corrected chi connectivity index (χ3v) is 2.59. The fraction of sp³-hybridized carbons (Fsp3) is 0.154. The molecule has 4 heteroatoms.